The normalized spacial score (nSPS) is 16.5. The molecular weight excluding hydrogens is 563 g/mol. The number of benzene rings is 2. The molecule has 1 heterocycles. The van der Waals surface area contributed by atoms with Gasteiger partial charge in [-0.25, -0.2) is 16.8 Å². The standard InChI is InChI=1S/C26H31ClF3NO5S2/c1-24(2,3)37(33,34)20-9-10-21(22(27)16-20)23(32)31-13-11-17(12-14-31)25(4,5)38(35,36)19-8-6-7-18(15-19)26(28,29)30/h6-10,15-17H,11-14H2,1-5H3. The molecule has 1 saturated heterocycles. The van der Waals surface area contributed by atoms with E-state index in [9.17, 15) is 34.8 Å². The molecule has 0 unspecified atom stereocenters. The molecule has 1 aliphatic heterocycles. The van der Waals surface area contributed by atoms with E-state index in [2.05, 4.69) is 0 Å². The lowest BCUT2D eigenvalue weighted by atomic mass is 9.85. The van der Waals surface area contributed by atoms with Crippen LogP contribution in [0.4, 0.5) is 13.2 Å². The Kier molecular flexibility index (Phi) is 8.11. The molecule has 0 bridgehead atoms. The summed E-state index contributed by atoms with van der Waals surface area (Å²) in [6, 6.07) is 7.69. The Bertz CT molecular complexity index is 1440. The summed E-state index contributed by atoms with van der Waals surface area (Å²) in [4.78, 5) is 14.3. The summed E-state index contributed by atoms with van der Waals surface area (Å²) in [6.07, 6.45) is -4.05. The maximum Gasteiger partial charge on any atom is 0.416 e. The summed E-state index contributed by atoms with van der Waals surface area (Å²) < 4.78 is 89.2. The molecular formula is C26H31ClF3NO5S2. The van der Waals surface area contributed by atoms with E-state index in [1.165, 1.54) is 36.9 Å². The van der Waals surface area contributed by atoms with E-state index in [4.69, 9.17) is 11.6 Å². The third kappa shape index (κ3) is 5.60. The summed E-state index contributed by atoms with van der Waals surface area (Å²) in [7, 11) is -7.80. The van der Waals surface area contributed by atoms with Crippen molar-refractivity contribution in [3.8, 4) is 0 Å². The lowest BCUT2D eigenvalue weighted by Gasteiger charge is -2.40. The molecule has 0 radical (unpaired) electrons. The SMILES string of the molecule is CC(C)(C)S(=O)(=O)c1ccc(C(=O)N2CCC(C(C)(C)S(=O)(=O)c3cccc(C(F)(F)F)c3)CC2)c(Cl)c1. The number of hydrogen-bond acceptors (Lipinski definition) is 5. The average molecular weight is 594 g/mol. The molecule has 0 saturated carbocycles. The minimum Gasteiger partial charge on any atom is -0.339 e. The van der Waals surface area contributed by atoms with Crippen LogP contribution >= 0.6 is 11.6 Å². The summed E-state index contributed by atoms with van der Waals surface area (Å²) in [5, 5.41) is -0.00472. The first-order valence-electron chi connectivity index (χ1n) is 12.0. The molecule has 0 spiro atoms. The maximum absolute atomic E-state index is 13.4. The number of halogens is 4. The highest BCUT2D eigenvalue weighted by molar-refractivity contribution is 7.93. The predicted molar refractivity (Wildman–Crippen MR) is 140 cm³/mol. The van der Waals surface area contributed by atoms with Gasteiger partial charge in [-0.1, -0.05) is 17.7 Å². The molecule has 6 nitrogen and oxygen atoms in total. The molecule has 1 fully saturated rings. The van der Waals surface area contributed by atoms with Crippen molar-refractivity contribution in [3.63, 3.8) is 0 Å². The van der Waals surface area contributed by atoms with E-state index >= 15 is 0 Å². The third-order valence-electron chi connectivity index (χ3n) is 7.22. The van der Waals surface area contributed by atoms with Crippen LogP contribution in [0.5, 0.6) is 0 Å². The molecule has 1 amide bonds. The molecule has 0 aromatic heterocycles. The van der Waals surface area contributed by atoms with Crippen LogP contribution < -0.4 is 0 Å². The molecule has 0 atom stereocenters. The second kappa shape index (κ2) is 10.1. The monoisotopic (exact) mass is 593 g/mol. The minimum atomic E-state index is -4.67. The van der Waals surface area contributed by atoms with Gasteiger partial charge in [0.1, 0.15) is 0 Å². The van der Waals surface area contributed by atoms with Gasteiger partial charge in [-0.15, -0.1) is 0 Å². The lowest BCUT2D eigenvalue weighted by molar-refractivity contribution is -0.137. The van der Waals surface area contributed by atoms with Gasteiger partial charge in [-0.3, -0.25) is 4.79 Å². The number of piperidine rings is 1. The van der Waals surface area contributed by atoms with Crippen LogP contribution in [0.2, 0.25) is 5.02 Å². The Morgan fingerprint density at radius 3 is 1.92 bits per heavy atom. The van der Waals surface area contributed by atoms with Crippen LogP contribution in [-0.2, 0) is 25.9 Å². The van der Waals surface area contributed by atoms with Crippen LogP contribution in [0.25, 0.3) is 0 Å². The molecule has 2 aromatic carbocycles. The number of nitrogens with zero attached hydrogens (tertiary/aromatic N) is 1. The van der Waals surface area contributed by atoms with Gasteiger partial charge in [-0.05, 0) is 89.8 Å². The number of rotatable bonds is 5. The lowest BCUT2D eigenvalue weighted by Crippen LogP contribution is -2.47. The van der Waals surface area contributed by atoms with E-state index in [1.807, 2.05) is 0 Å². The van der Waals surface area contributed by atoms with Gasteiger partial charge in [0.25, 0.3) is 5.91 Å². The topological polar surface area (TPSA) is 88.6 Å². The number of likely N-dealkylation sites (tertiary alicyclic amines) is 1. The number of amides is 1. The minimum absolute atomic E-state index is 0.00472. The van der Waals surface area contributed by atoms with Crippen LogP contribution in [0.1, 0.15) is 63.4 Å². The van der Waals surface area contributed by atoms with Crippen LogP contribution in [0, 0.1) is 5.92 Å². The Morgan fingerprint density at radius 2 is 1.42 bits per heavy atom. The van der Waals surface area contributed by atoms with Crippen molar-refractivity contribution in [1.82, 2.24) is 4.90 Å². The van der Waals surface area contributed by atoms with Gasteiger partial charge >= 0.3 is 6.18 Å². The van der Waals surface area contributed by atoms with Crippen molar-refractivity contribution >= 4 is 37.2 Å². The Balaban J connectivity index is 1.77. The maximum atomic E-state index is 13.4. The highest BCUT2D eigenvalue weighted by atomic mass is 35.5. The molecule has 38 heavy (non-hydrogen) atoms. The van der Waals surface area contributed by atoms with Gasteiger partial charge in [0.2, 0.25) is 0 Å². The number of alkyl halides is 3. The zero-order chi connectivity index (χ0) is 28.9. The molecule has 3 rings (SSSR count). The van der Waals surface area contributed by atoms with Crippen molar-refractivity contribution < 1.29 is 34.8 Å². The molecule has 1 aliphatic rings. The fourth-order valence-corrected chi connectivity index (χ4v) is 7.88. The van der Waals surface area contributed by atoms with E-state index < -0.39 is 57.6 Å². The van der Waals surface area contributed by atoms with E-state index in [1.54, 1.807) is 20.8 Å². The van der Waals surface area contributed by atoms with Crippen molar-refractivity contribution in [2.75, 3.05) is 13.1 Å². The van der Waals surface area contributed by atoms with E-state index in [0.717, 1.165) is 18.2 Å². The zero-order valence-electron chi connectivity index (χ0n) is 21.8. The van der Waals surface area contributed by atoms with Gasteiger partial charge in [0.05, 0.1) is 35.4 Å². The first kappa shape index (κ1) is 30.4. The Labute approximate surface area is 227 Å². The molecule has 0 aliphatic carbocycles. The second-order valence-electron chi connectivity index (χ2n) is 11.0. The molecule has 12 heteroatoms. The number of carbonyl (C=O) groups excluding carboxylic acids is 1. The van der Waals surface area contributed by atoms with Gasteiger partial charge < -0.3 is 4.90 Å². The van der Waals surface area contributed by atoms with Gasteiger partial charge in [-0.2, -0.15) is 13.2 Å². The number of hydrogen-bond donors (Lipinski definition) is 0. The quantitative estimate of drug-likeness (QED) is 0.422. The van der Waals surface area contributed by atoms with E-state index in [0.29, 0.717) is 18.9 Å². The fourth-order valence-electron chi connectivity index (χ4n) is 4.50. The predicted octanol–water partition coefficient (Wildman–Crippen LogP) is 6.04. The molecule has 210 valence electrons. The van der Waals surface area contributed by atoms with Crippen molar-refractivity contribution in [2.24, 2.45) is 5.92 Å². The first-order valence-corrected chi connectivity index (χ1v) is 15.3. The first-order chi connectivity index (χ1) is 17.2. The second-order valence-corrected chi connectivity index (χ2v) is 16.6. The third-order valence-corrected chi connectivity index (χ3v) is 12.6. The van der Waals surface area contributed by atoms with Crippen molar-refractivity contribution in [1.29, 1.82) is 0 Å². The largest absolute Gasteiger partial charge is 0.416 e. The smallest absolute Gasteiger partial charge is 0.339 e. The Morgan fingerprint density at radius 1 is 0.868 bits per heavy atom. The molecule has 2 aromatic rings. The Hall–Kier alpha value is -2.11. The van der Waals surface area contributed by atoms with Crippen LogP contribution in [-0.4, -0.2) is 50.2 Å². The molecule has 0 N–H and O–H groups in total. The van der Waals surface area contributed by atoms with E-state index in [-0.39, 0.29) is 28.6 Å². The van der Waals surface area contributed by atoms with Crippen LogP contribution in [0.3, 0.4) is 0 Å². The highest BCUT2D eigenvalue weighted by Gasteiger charge is 2.45. The fraction of sp³-hybridized carbons (Fsp3) is 0.500. The zero-order valence-corrected chi connectivity index (χ0v) is 24.2. The van der Waals surface area contributed by atoms with Gasteiger partial charge in [0, 0.05) is 13.1 Å². The summed E-state index contributed by atoms with van der Waals surface area (Å²) in [5.41, 5.74) is -0.901. The summed E-state index contributed by atoms with van der Waals surface area (Å²) in [5.74, 6) is -0.826. The summed E-state index contributed by atoms with van der Waals surface area (Å²) in [6.45, 7) is 8.11. The van der Waals surface area contributed by atoms with Crippen molar-refractivity contribution in [2.45, 2.75) is 72.9 Å². The summed E-state index contributed by atoms with van der Waals surface area (Å²) >= 11 is 6.30. The average Bonchev–Trinajstić information content (AvgIpc) is 2.82. The van der Waals surface area contributed by atoms with Gasteiger partial charge in [0.15, 0.2) is 19.7 Å². The number of sulfone groups is 2. The van der Waals surface area contributed by atoms with Crippen LogP contribution in [0.15, 0.2) is 52.3 Å². The highest BCUT2D eigenvalue weighted by Crippen LogP contribution is 2.40. The van der Waals surface area contributed by atoms with Crippen molar-refractivity contribution in [3.05, 3.63) is 58.6 Å². The number of carbonyl (C=O) groups is 1.